The molecule has 3 heteroatoms. The van der Waals surface area contributed by atoms with Crippen LogP contribution in [0.15, 0.2) is 34.8 Å². The van der Waals surface area contributed by atoms with Gasteiger partial charge in [-0.25, -0.2) is 0 Å². The predicted octanol–water partition coefficient (Wildman–Crippen LogP) is 4.46. The smallest absolute Gasteiger partial charge is 0.125 e. The van der Waals surface area contributed by atoms with E-state index in [1.807, 2.05) is 45.0 Å². The molecule has 0 heterocycles. The molecule has 106 valence electrons. The van der Waals surface area contributed by atoms with Crippen molar-refractivity contribution in [3.8, 4) is 5.75 Å². The molecule has 2 rings (SSSR count). The molecule has 0 saturated carbocycles. The average molecular weight is 335 g/mol. The monoisotopic (exact) mass is 334 g/mol. The number of hydrogen-bond acceptors (Lipinski definition) is 2. The average Bonchev–Trinajstić information content (AvgIpc) is 2.40. The number of aryl methyl sites for hydroxylation is 2. The van der Waals surface area contributed by atoms with Gasteiger partial charge in [-0.1, -0.05) is 34.1 Å². The van der Waals surface area contributed by atoms with Crippen molar-refractivity contribution in [3.63, 3.8) is 0 Å². The van der Waals surface area contributed by atoms with E-state index in [2.05, 4.69) is 22.0 Å². The molecular formula is C17H19BrO2. The maximum absolute atomic E-state index is 10.8. The summed E-state index contributed by atoms with van der Waals surface area (Å²) in [6.07, 6.45) is -0.692. The number of ether oxygens (including phenoxy) is 1. The summed E-state index contributed by atoms with van der Waals surface area (Å²) in [6, 6.07) is 9.88. The number of rotatable bonds is 3. The van der Waals surface area contributed by atoms with Crippen molar-refractivity contribution in [2.45, 2.75) is 26.9 Å². The molecule has 1 N–H and O–H groups in total. The van der Waals surface area contributed by atoms with Gasteiger partial charge in [0, 0.05) is 10.0 Å². The molecule has 2 nitrogen and oxygen atoms in total. The fourth-order valence-electron chi connectivity index (χ4n) is 2.53. The van der Waals surface area contributed by atoms with Crippen molar-refractivity contribution in [2.24, 2.45) is 0 Å². The van der Waals surface area contributed by atoms with Crippen molar-refractivity contribution < 1.29 is 9.84 Å². The van der Waals surface area contributed by atoms with Gasteiger partial charge in [0.15, 0.2) is 0 Å². The quantitative estimate of drug-likeness (QED) is 0.897. The topological polar surface area (TPSA) is 29.5 Å². The number of halogens is 1. The van der Waals surface area contributed by atoms with E-state index in [1.54, 1.807) is 7.11 Å². The summed E-state index contributed by atoms with van der Waals surface area (Å²) in [7, 11) is 1.64. The zero-order chi connectivity index (χ0) is 14.9. The first-order valence-corrected chi connectivity index (χ1v) is 7.33. The zero-order valence-corrected chi connectivity index (χ0v) is 13.8. The molecule has 0 fully saturated rings. The summed E-state index contributed by atoms with van der Waals surface area (Å²) in [6.45, 7) is 6.02. The molecule has 0 aliphatic rings. The van der Waals surface area contributed by atoms with E-state index in [9.17, 15) is 5.11 Å². The number of aliphatic hydroxyl groups excluding tert-OH is 1. The van der Waals surface area contributed by atoms with Crippen LogP contribution in [-0.2, 0) is 0 Å². The fourth-order valence-corrected chi connectivity index (χ4v) is 2.92. The predicted molar refractivity (Wildman–Crippen MR) is 85.4 cm³/mol. The lowest BCUT2D eigenvalue weighted by atomic mass is 9.92. The van der Waals surface area contributed by atoms with Crippen molar-refractivity contribution in [1.82, 2.24) is 0 Å². The highest BCUT2D eigenvalue weighted by atomic mass is 79.9. The summed E-state index contributed by atoms with van der Waals surface area (Å²) >= 11 is 3.51. The first-order valence-electron chi connectivity index (χ1n) is 6.54. The maximum Gasteiger partial charge on any atom is 0.125 e. The fraction of sp³-hybridized carbons (Fsp3) is 0.294. The van der Waals surface area contributed by atoms with E-state index in [4.69, 9.17) is 4.74 Å². The summed E-state index contributed by atoms with van der Waals surface area (Å²) in [5.41, 5.74) is 4.93. The van der Waals surface area contributed by atoms with Gasteiger partial charge in [0.05, 0.1) is 7.11 Å². The van der Waals surface area contributed by atoms with Crippen LogP contribution in [0.1, 0.15) is 33.9 Å². The standard InChI is InChI=1S/C17H19BrO2/c1-10-8-11(2)16(15(9-10)20-4)17(19)13-6-5-7-14(18)12(13)3/h5-9,17,19H,1-4H3. The lowest BCUT2D eigenvalue weighted by Gasteiger charge is -2.20. The number of hydrogen-bond donors (Lipinski definition) is 1. The van der Waals surface area contributed by atoms with E-state index >= 15 is 0 Å². The Balaban J connectivity index is 2.59. The largest absolute Gasteiger partial charge is 0.496 e. The Morgan fingerprint density at radius 3 is 2.50 bits per heavy atom. The lowest BCUT2D eigenvalue weighted by molar-refractivity contribution is 0.213. The van der Waals surface area contributed by atoms with E-state index in [0.29, 0.717) is 0 Å². The molecule has 2 aromatic carbocycles. The lowest BCUT2D eigenvalue weighted by Crippen LogP contribution is -2.07. The Hall–Kier alpha value is -1.32. The minimum absolute atomic E-state index is 0.692. The van der Waals surface area contributed by atoms with Gasteiger partial charge in [0.1, 0.15) is 11.9 Å². The SMILES string of the molecule is COc1cc(C)cc(C)c1C(O)c1cccc(Br)c1C. The highest BCUT2D eigenvalue weighted by molar-refractivity contribution is 9.10. The van der Waals surface area contributed by atoms with Gasteiger partial charge < -0.3 is 9.84 Å². The van der Waals surface area contributed by atoms with Gasteiger partial charge >= 0.3 is 0 Å². The van der Waals surface area contributed by atoms with Crippen LogP contribution in [0.2, 0.25) is 0 Å². The summed E-state index contributed by atoms with van der Waals surface area (Å²) in [5.74, 6) is 0.731. The molecule has 1 atom stereocenters. The van der Waals surface area contributed by atoms with Crippen LogP contribution >= 0.6 is 15.9 Å². The first-order chi connectivity index (χ1) is 9.45. The van der Waals surface area contributed by atoms with Gasteiger partial charge in [-0.05, 0) is 55.2 Å². The molecule has 0 spiro atoms. The van der Waals surface area contributed by atoms with Crippen molar-refractivity contribution in [1.29, 1.82) is 0 Å². The third-order valence-corrected chi connectivity index (χ3v) is 4.45. The second-order valence-electron chi connectivity index (χ2n) is 5.05. The van der Waals surface area contributed by atoms with Gasteiger partial charge in [0.2, 0.25) is 0 Å². The summed E-state index contributed by atoms with van der Waals surface area (Å²) < 4.78 is 6.45. The normalized spacial score (nSPS) is 12.3. The highest BCUT2D eigenvalue weighted by Gasteiger charge is 2.20. The molecule has 0 aliphatic carbocycles. The third-order valence-electron chi connectivity index (χ3n) is 3.59. The minimum atomic E-state index is -0.692. The van der Waals surface area contributed by atoms with Gasteiger partial charge in [-0.3, -0.25) is 0 Å². The number of methoxy groups -OCH3 is 1. The Morgan fingerprint density at radius 1 is 1.15 bits per heavy atom. The van der Waals surface area contributed by atoms with E-state index < -0.39 is 6.10 Å². The zero-order valence-electron chi connectivity index (χ0n) is 12.2. The van der Waals surface area contributed by atoms with E-state index in [0.717, 1.165) is 38.0 Å². The van der Waals surface area contributed by atoms with Crippen molar-refractivity contribution >= 4 is 15.9 Å². The van der Waals surface area contributed by atoms with Crippen molar-refractivity contribution in [3.05, 3.63) is 62.6 Å². The molecule has 20 heavy (non-hydrogen) atoms. The van der Waals surface area contributed by atoms with Gasteiger partial charge in [0.25, 0.3) is 0 Å². The van der Waals surface area contributed by atoms with Gasteiger partial charge in [-0.2, -0.15) is 0 Å². The Bertz CT molecular complexity index is 635. The Kier molecular flexibility index (Phi) is 4.51. The van der Waals surface area contributed by atoms with E-state index in [-0.39, 0.29) is 0 Å². The van der Waals surface area contributed by atoms with Crippen LogP contribution in [0.3, 0.4) is 0 Å². The molecule has 0 aliphatic heterocycles. The molecule has 2 aromatic rings. The van der Waals surface area contributed by atoms with Crippen molar-refractivity contribution in [2.75, 3.05) is 7.11 Å². The van der Waals surface area contributed by atoms with Crippen LogP contribution < -0.4 is 4.74 Å². The summed E-state index contributed by atoms with van der Waals surface area (Å²) in [4.78, 5) is 0. The number of benzene rings is 2. The van der Waals surface area contributed by atoms with Crippen LogP contribution in [0, 0.1) is 20.8 Å². The molecule has 0 saturated heterocycles. The van der Waals surface area contributed by atoms with Crippen LogP contribution in [0.5, 0.6) is 5.75 Å². The third kappa shape index (κ3) is 2.74. The molecule has 0 radical (unpaired) electrons. The maximum atomic E-state index is 10.8. The van der Waals surface area contributed by atoms with Gasteiger partial charge in [-0.15, -0.1) is 0 Å². The molecule has 1 unspecified atom stereocenters. The second-order valence-corrected chi connectivity index (χ2v) is 5.91. The molecular weight excluding hydrogens is 316 g/mol. The number of aliphatic hydroxyl groups is 1. The van der Waals surface area contributed by atoms with Crippen LogP contribution in [-0.4, -0.2) is 12.2 Å². The molecule has 0 amide bonds. The first kappa shape index (κ1) is 15.1. The minimum Gasteiger partial charge on any atom is -0.496 e. The Labute approximate surface area is 128 Å². The van der Waals surface area contributed by atoms with Crippen LogP contribution in [0.25, 0.3) is 0 Å². The van der Waals surface area contributed by atoms with Crippen LogP contribution in [0.4, 0.5) is 0 Å². The molecule has 0 bridgehead atoms. The summed E-state index contributed by atoms with van der Waals surface area (Å²) in [5, 5.41) is 10.8. The molecule has 0 aromatic heterocycles. The van der Waals surface area contributed by atoms with E-state index in [1.165, 1.54) is 0 Å². The highest BCUT2D eigenvalue weighted by Crippen LogP contribution is 2.36. The second kappa shape index (κ2) is 5.98. The Morgan fingerprint density at radius 2 is 1.85 bits per heavy atom.